The van der Waals surface area contributed by atoms with E-state index in [1.807, 2.05) is 0 Å². The minimum absolute atomic E-state index is 0.0340. The lowest BCUT2D eigenvalue weighted by atomic mass is 10.1. The Hall–Kier alpha value is -2.45. The maximum Gasteiger partial charge on any atom is 0.277 e. The van der Waals surface area contributed by atoms with Crippen LogP contribution < -0.4 is 0 Å². The molecule has 0 fully saturated rings. The number of non-ortho nitro benzene ring substituents is 1. The molecule has 0 radical (unpaired) electrons. The number of H-pyrrole nitrogens is 1. The molecule has 0 spiro atoms. The van der Waals surface area contributed by atoms with Gasteiger partial charge in [-0.25, -0.2) is 9.19 Å². The van der Waals surface area contributed by atoms with E-state index in [0.29, 0.717) is 21.8 Å². The minimum Gasteiger partial charge on any atom is -0.329 e. The Labute approximate surface area is 113 Å². The average molecular weight is 291 g/mol. The first kappa shape index (κ1) is 12.6. The van der Waals surface area contributed by atoms with Gasteiger partial charge < -0.3 is 9.54 Å². The standard InChI is InChI=1S/C12H9N3O4S/c1-20(18,19)12-13-9-6-5-7-8(11(9)14-12)3-2-4-10(7)15(16)17/h2-6H,1H2,(H,13,14)(H,18,19). The summed E-state index contributed by atoms with van der Waals surface area (Å²) in [5, 5.41) is 11.8. The number of hydrogen-bond donors (Lipinski definition) is 2. The van der Waals surface area contributed by atoms with Gasteiger partial charge in [0, 0.05) is 11.5 Å². The molecule has 0 aliphatic heterocycles. The number of nitro groups is 1. The molecule has 2 aromatic carbocycles. The quantitative estimate of drug-likeness (QED) is 0.427. The number of nitrogens with zero attached hydrogens (tertiary/aromatic N) is 2. The molecule has 0 bridgehead atoms. The molecule has 0 aliphatic rings. The fraction of sp³-hybridized carbons (Fsp3) is 0. The highest BCUT2D eigenvalue weighted by atomic mass is 32.2. The third-order valence-corrected chi connectivity index (χ3v) is 3.76. The number of aromatic nitrogens is 2. The Bertz CT molecular complexity index is 959. The second-order valence-electron chi connectivity index (χ2n) is 4.27. The molecule has 3 rings (SSSR count). The fourth-order valence-corrected chi connectivity index (χ4v) is 2.61. The van der Waals surface area contributed by atoms with Crippen molar-refractivity contribution in [1.82, 2.24) is 9.97 Å². The van der Waals surface area contributed by atoms with E-state index < -0.39 is 14.7 Å². The van der Waals surface area contributed by atoms with Crippen LogP contribution in [0.25, 0.3) is 21.8 Å². The molecule has 2 N–H and O–H groups in total. The maximum absolute atomic E-state index is 11.5. The molecule has 8 heteroatoms. The number of aromatic amines is 1. The van der Waals surface area contributed by atoms with Crippen LogP contribution in [0.2, 0.25) is 0 Å². The van der Waals surface area contributed by atoms with Gasteiger partial charge in [0.05, 0.1) is 21.3 Å². The monoisotopic (exact) mass is 291 g/mol. The largest absolute Gasteiger partial charge is 0.329 e. The van der Waals surface area contributed by atoms with Crippen LogP contribution in [0.3, 0.4) is 0 Å². The van der Waals surface area contributed by atoms with Crippen molar-refractivity contribution in [1.29, 1.82) is 0 Å². The number of benzene rings is 2. The highest BCUT2D eigenvalue weighted by Gasteiger charge is 2.16. The van der Waals surface area contributed by atoms with Crippen molar-refractivity contribution >= 4 is 43.2 Å². The van der Waals surface area contributed by atoms with Crippen LogP contribution in [0.4, 0.5) is 5.69 Å². The molecule has 0 amide bonds. The molecule has 0 aliphatic carbocycles. The zero-order chi connectivity index (χ0) is 14.5. The van der Waals surface area contributed by atoms with Gasteiger partial charge >= 0.3 is 0 Å². The first-order valence-electron chi connectivity index (χ1n) is 5.53. The minimum atomic E-state index is -3.46. The lowest BCUT2D eigenvalue weighted by Crippen LogP contribution is -1.99. The Balaban J connectivity index is 2.45. The van der Waals surface area contributed by atoms with E-state index in [9.17, 15) is 18.9 Å². The van der Waals surface area contributed by atoms with Gasteiger partial charge in [-0.15, -0.1) is 0 Å². The molecular formula is C12H9N3O4S. The first-order chi connectivity index (χ1) is 9.38. The number of nitrogens with one attached hydrogen (secondary N) is 1. The number of rotatable bonds is 2. The van der Waals surface area contributed by atoms with Crippen LogP contribution in [0.15, 0.2) is 35.5 Å². The summed E-state index contributed by atoms with van der Waals surface area (Å²) in [6.45, 7) is 0. The highest BCUT2D eigenvalue weighted by Crippen LogP contribution is 2.30. The molecule has 1 aromatic heterocycles. The Morgan fingerprint density at radius 2 is 2.05 bits per heavy atom. The van der Waals surface area contributed by atoms with E-state index in [4.69, 9.17) is 0 Å². The van der Waals surface area contributed by atoms with Crippen molar-refractivity contribution in [2.24, 2.45) is 0 Å². The van der Waals surface area contributed by atoms with Crippen molar-refractivity contribution in [3.8, 4) is 0 Å². The number of nitro benzene ring substituents is 1. The number of fused-ring (bicyclic) bond motifs is 3. The first-order valence-corrected chi connectivity index (χ1v) is 7.22. The zero-order valence-electron chi connectivity index (χ0n) is 10.1. The molecular weight excluding hydrogens is 282 g/mol. The second-order valence-corrected chi connectivity index (χ2v) is 5.94. The SMILES string of the molecule is C=S(=O)(O)c1nc2c(ccc3c([N+](=O)[O-])cccc32)[nH]1. The molecule has 0 saturated carbocycles. The van der Waals surface area contributed by atoms with Gasteiger partial charge in [0.2, 0.25) is 5.16 Å². The van der Waals surface area contributed by atoms with Gasteiger partial charge in [-0.05, 0) is 18.0 Å². The van der Waals surface area contributed by atoms with E-state index >= 15 is 0 Å². The van der Waals surface area contributed by atoms with Crippen LogP contribution in [0, 0.1) is 10.1 Å². The van der Waals surface area contributed by atoms with E-state index in [2.05, 4.69) is 15.8 Å². The Kier molecular flexibility index (Phi) is 2.53. The number of imidazole rings is 1. The van der Waals surface area contributed by atoms with Gasteiger partial charge in [-0.3, -0.25) is 10.1 Å². The van der Waals surface area contributed by atoms with Crippen LogP contribution in [0.1, 0.15) is 0 Å². The van der Waals surface area contributed by atoms with E-state index in [1.54, 1.807) is 24.3 Å². The third-order valence-electron chi connectivity index (χ3n) is 2.96. The second kappa shape index (κ2) is 4.02. The summed E-state index contributed by atoms with van der Waals surface area (Å²) in [4.78, 5) is 17.3. The third kappa shape index (κ3) is 1.82. The van der Waals surface area contributed by atoms with Crippen molar-refractivity contribution in [3.63, 3.8) is 0 Å². The predicted octanol–water partition coefficient (Wildman–Crippen LogP) is 2.17. The average Bonchev–Trinajstić information content (AvgIpc) is 2.81. The molecule has 7 nitrogen and oxygen atoms in total. The fourth-order valence-electron chi connectivity index (χ4n) is 2.10. The summed E-state index contributed by atoms with van der Waals surface area (Å²) < 4.78 is 20.9. The molecule has 20 heavy (non-hydrogen) atoms. The molecule has 0 saturated heterocycles. The predicted molar refractivity (Wildman–Crippen MR) is 76.4 cm³/mol. The lowest BCUT2D eigenvalue weighted by Gasteiger charge is -1.99. The van der Waals surface area contributed by atoms with Crippen molar-refractivity contribution in [2.45, 2.75) is 5.16 Å². The smallest absolute Gasteiger partial charge is 0.277 e. The molecule has 1 unspecified atom stereocenters. The van der Waals surface area contributed by atoms with Crippen molar-refractivity contribution in [2.75, 3.05) is 0 Å². The zero-order valence-corrected chi connectivity index (χ0v) is 10.9. The summed E-state index contributed by atoms with van der Waals surface area (Å²) in [5.74, 6) is 3.14. The molecule has 1 atom stereocenters. The Morgan fingerprint density at radius 1 is 1.30 bits per heavy atom. The molecule has 1 heterocycles. The summed E-state index contributed by atoms with van der Waals surface area (Å²) in [5.41, 5.74) is 0.901. The van der Waals surface area contributed by atoms with E-state index in [-0.39, 0.29) is 10.8 Å². The summed E-state index contributed by atoms with van der Waals surface area (Å²) >= 11 is 0. The van der Waals surface area contributed by atoms with Gasteiger partial charge in [-0.1, -0.05) is 12.1 Å². The van der Waals surface area contributed by atoms with Crippen LogP contribution in [-0.4, -0.2) is 29.5 Å². The topological polar surface area (TPSA) is 109 Å². The van der Waals surface area contributed by atoms with Gasteiger partial charge in [-0.2, -0.15) is 0 Å². The normalized spacial score (nSPS) is 14.4. The van der Waals surface area contributed by atoms with Crippen LogP contribution in [-0.2, 0) is 9.80 Å². The van der Waals surface area contributed by atoms with Crippen LogP contribution >= 0.6 is 0 Å². The van der Waals surface area contributed by atoms with Crippen LogP contribution in [0.5, 0.6) is 0 Å². The van der Waals surface area contributed by atoms with E-state index in [0.717, 1.165) is 0 Å². The summed E-state index contributed by atoms with van der Waals surface area (Å²) in [7, 11) is -3.46. The van der Waals surface area contributed by atoms with Crippen molar-refractivity contribution in [3.05, 3.63) is 40.4 Å². The van der Waals surface area contributed by atoms with Crippen molar-refractivity contribution < 1.29 is 13.7 Å². The summed E-state index contributed by atoms with van der Waals surface area (Å²) in [6, 6.07) is 7.80. The van der Waals surface area contributed by atoms with Gasteiger partial charge in [0.25, 0.3) is 5.69 Å². The molecule has 3 aromatic rings. The maximum atomic E-state index is 11.5. The highest BCUT2D eigenvalue weighted by molar-refractivity contribution is 7.94. The summed E-state index contributed by atoms with van der Waals surface area (Å²) in [6.07, 6.45) is 0. The number of hydrogen-bond acceptors (Lipinski definition) is 4. The molecule has 102 valence electrons. The van der Waals surface area contributed by atoms with Gasteiger partial charge in [0.1, 0.15) is 9.80 Å². The van der Waals surface area contributed by atoms with Gasteiger partial charge in [0.15, 0.2) is 0 Å². The van der Waals surface area contributed by atoms with E-state index in [1.165, 1.54) is 6.07 Å². The lowest BCUT2D eigenvalue weighted by molar-refractivity contribution is -0.383. The Morgan fingerprint density at radius 3 is 2.70 bits per heavy atom.